The average Bonchev–Trinajstić information content (AvgIpc) is 3.02. The topological polar surface area (TPSA) is 46.4 Å². The van der Waals surface area contributed by atoms with Gasteiger partial charge in [-0.3, -0.25) is 4.79 Å². The number of carbonyl (C=O) groups excluding carboxylic acids is 1. The molecular formula is C18H13F6N3O. The van der Waals surface area contributed by atoms with E-state index in [0.717, 1.165) is 5.56 Å². The highest BCUT2D eigenvalue weighted by molar-refractivity contribution is 5.94. The van der Waals surface area contributed by atoms with Gasteiger partial charge in [0.05, 0.1) is 23.4 Å². The number of fused-ring (bicyclic) bond motifs is 1. The number of hydrogen-bond acceptors (Lipinski definition) is 2. The third-order valence-electron chi connectivity index (χ3n) is 4.01. The number of benzene rings is 1. The van der Waals surface area contributed by atoms with Gasteiger partial charge in [0.2, 0.25) is 0 Å². The van der Waals surface area contributed by atoms with Crippen molar-refractivity contribution in [2.75, 3.05) is 0 Å². The average molecular weight is 401 g/mol. The summed E-state index contributed by atoms with van der Waals surface area (Å²) in [6, 6.07) is 4.36. The summed E-state index contributed by atoms with van der Waals surface area (Å²) in [5, 5.41) is 2.30. The monoisotopic (exact) mass is 401 g/mol. The van der Waals surface area contributed by atoms with Crippen LogP contribution in [0.5, 0.6) is 0 Å². The van der Waals surface area contributed by atoms with E-state index in [4.69, 9.17) is 0 Å². The summed E-state index contributed by atoms with van der Waals surface area (Å²) in [5.74, 6) is -1.06. The van der Waals surface area contributed by atoms with Crippen LogP contribution in [0.25, 0.3) is 5.65 Å². The lowest BCUT2D eigenvalue weighted by Gasteiger charge is -2.14. The van der Waals surface area contributed by atoms with Crippen molar-refractivity contribution in [3.8, 4) is 0 Å². The third kappa shape index (κ3) is 4.10. The van der Waals surface area contributed by atoms with E-state index in [2.05, 4.69) is 10.3 Å². The normalized spacial score (nSPS) is 12.4. The Balaban J connectivity index is 1.85. The number of halogens is 6. The van der Waals surface area contributed by atoms with Crippen LogP contribution < -0.4 is 5.32 Å². The minimum absolute atomic E-state index is 0.0261. The smallest absolute Gasteiger partial charge is 0.346 e. The molecule has 0 unspecified atom stereocenters. The molecule has 0 saturated carbocycles. The van der Waals surface area contributed by atoms with Crippen LogP contribution in [0.4, 0.5) is 26.3 Å². The van der Waals surface area contributed by atoms with Gasteiger partial charge in [-0.25, -0.2) is 4.98 Å². The SMILES string of the molecule is Cc1cccn2cc(CNC(=O)c3cc(C(F)(F)F)cc(C(F)(F)F)c3)nc12. The predicted octanol–water partition coefficient (Wildman–Crippen LogP) is 4.61. The molecule has 2 heterocycles. The van der Waals surface area contributed by atoms with Crippen LogP contribution in [0.1, 0.15) is 32.7 Å². The van der Waals surface area contributed by atoms with E-state index in [0.29, 0.717) is 23.5 Å². The summed E-state index contributed by atoms with van der Waals surface area (Å²) in [6.07, 6.45) is -6.70. The summed E-state index contributed by atoms with van der Waals surface area (Å²) in [4.78, 5) is 16.5. The van der Waals surface area contributed by atoms with Gasteiger partial charge in [0.15, 0.2) is 0 Å². The van der Waals surface area contributed by atoms with E-state index in [1.807, 2.05) is 13.0 Å². The molecule has 2 aromatic heterocycles. The molecule has 4 nitrogen and oxygen atoms in total. The van der Waals surface area contributed by atoms with E-state index in [9.17, 15) is 31.1 Å². The summed E-state index contributed by atoms with van der Waals surface area (Å²) in [6.45, 7) is 1.67. The third-order valence-corrected chi connectivity index (χ3v) is 4.01. The van der Waals surface area contributed by atoms with Gasteiger partial charge in [-0.15, -0.1) is 0 Å². The standard InChI is InChI=1S/C18H13F6N3O/c1-10-3-2-4-27-9-14(26-15(10)27)8-25-16(28)11-5-12(17(19,20)21)7-13(6-11)18(22,23)24/h2-7,9H,8H2,1H3,(H,25,28). The van der Waals surface area contributed by atoms with Crippen LogP contribution in [0, 0.1) is 6.92 Å². The lowest BCUT2D eigenvalue weighted by atomic mass is 10.0. The van der Waals surface area contributed by atoms with Crippen LogP contribution in [-0.4, -0.2) is 15.3 Å². The minimum atomic E-state index is -5.02. The van der Waals surface area contributed by atoms with Crippen molar-refractivity contribution in [3.63, 3.8) is 0 Å². The van der Waals surface area contributed by atoms with E-state index >= 15 is 0 Å². The van der Waals surface area contributed by atoms with Gasteiger partial charge in [0.1, 0.15) is 5.65 Å². The molecule has 1 aromatic carbocycles. The molecule has 0 radical (unpaired) electrons. The molecule has 1 N–H and O–H groups in total. The maximum absolute atomic E-state index is 12.9. The first-order valence-electron chi connectivity index (χ1n) is 7.96. The number of amides is 1. The number of alkyl halides is 6. The molecule has 0 bridgehead atoms. The van der Waals surface area contributed by atoms with Crippen molar-refractivity contribution in [1.29, 1.82) is 0 Å². The van der Waals surface area contributed by atoms with E-state index in [1.165, 1.54) is 0 Å². The second-order valence-corrected chi connectivity index (χ2v) is 6.13. The predicted molar refractivity (Wildman–Crippen MR) is 87.5 cm³/mol. The number of nitrogens with zero attached hydrogens (tertiary/aromatic N) is 2. The van der Waals surface area contributed by atoms with Gasteiger partial charge < -0.3 is 9.72 Å². The van der Waals surface area contributed by atoms with Gasteiger partial charge in [-0.05, 0) is 36.8 Å². The number of pyridine rings is 1. The van der Waals surface area contributed by atoms with E-state index in [-0.39, 0.29) is 12.6 Å². The first kappa shape index (κ1) is 19.7. The van der Waals surface area contributed by atoms with Crippen molar-refractivity contribution in [2.24, 2.45) is 0 Å². The minimum Gasteiger partial charge on any atom is -0.346 e. The van der Waals surface area contributed by atoms with Crippen LogP contribution in [0.3, 0.4) is 0 Å². The number of imidazole rings is 1. The molecule has 0 spiro atoms. The largest absolute Gasteiger partial charge is 0.416 e. The van der Waals surface area contributed by atoms with Gasteiger partial charge in [-0.1, -0.05) is 6.07 Å². The van der Waals surface area contributed by atoms with Crippen molar-refractivity contribution in [1.82, 2.24) is 14.7 Å². The summed E-state index contributed by atoms with van der Waals surface area (Å²) in [5.41, 5.74) is -1.92. The maximum Gasteiger partial charge on any atom is 0.416 e. The number of carbonyl (C=O) groups is 1. The molecule has 0 aliphatic rings. The van der Waals surface area contributed by atoms with Gasteiger partial charge in [-0.2, -0.15) is 26.3 Å². The maximum atomic E-state index is 12.9. The highest BCUT2D eigenvalue weighted by Gasteiger charge is 2.37. The molecule has 0 fully saturated rings. The second kappa shape index (κ2) is 6.84. The highest BCUT2D eigenvalue weighted by Crippen LogP contribution is 2.36. The zero-order chi connectivity index (χ0) is 20.7. The highest BCUT2D eigenvalue weighted by atomic mass is 19.4. The Bertz CT molecular complexity index is 1000. The Morgan fingerprint density at radius 2 is 1.68 bits per heavy atom. The molecule has 3 aromatic rings. The first-order chi connectivity index (χ1) is 12.9. The van der Waals surface area contributed by atoms with Crippen LogP contribution >= 0.6 is 0 Å². The van der Waals surface area contributed by atoms with Crippen LogP contribution in [-0.2, 0) is 18.9 Å². The molecule has 0 aliphatic carbocycles. The molecule has 3 rings (SSSR count). The fourth-order valence-electron chi connectivity index (χ4n) is 2.65. The fourth-order valence-corrected chi connectivity index (χ4v) is 2.65. The molecule has 10 heteroatoms. The molecular weight excluding hydrogens is 388 g/mol. The Kier molecular flexibility index (Phi) is 4.82. The van der Waals surface area contributed by atoms with Gasteiger partial charge >= 0.3 is 12.4 Å². The molecule has 0 atom stereocenters. The zero-order valence-corrected chi connectivity index (χ0v) is 14.3. The van der Waals surface area contributed by atoms with Gasteiger partial charge in [0, 0.05) is 18.0 Å². The fraction of sp³-hybridized carbons (Fsp3) is 0.222. The lowest BCUT2D eigenvalue weighted by molar-refractivity contribution is -0.143. The number of nitrogens with one attached hydrogen (secondary N) is 1. The first-order valence-corrected chi connectivity index (χ1v) is 7.96. The second-order valence-electron chi connectivity index (χ2n) is 6.13. The number of aryl methyl sites for hydroxylation is 1. The van der Waals surface area contributed by atoms with Gasteiger partial charge in [0.25, 0.3) is 5.91 Å². The molecule has 0 aliphatic heterocycles. The van der Waals surface area contributed by atoms with E-state index < -0.39 is 35.0 Å². The van der Waals surface area contributed by atoms with Crippen molar-refractivity contribution in [3.05, 3.63) is 70.7 Å². The number of hydrogen-bond donors (Lipinski definition) is 1. The van der Waals surface area contributed by atoms with Crippen molar-refractivity contribution in [2.45, 2.75) is 25.8 Å². The van der Waals surface area contributed by atoms with E-state index in [1.54, 1.807) is 22.9 Å². The summed E-state index contributed by atoms with van der Waals surface area (Å²) < 4.78 is 79.1. The molecule has 0 saturated heterocycles. The Morgan fingerprint density at radius 3 is 2.21 bits per heavy atom. The quantitative estimate of drug-likeness (QED) is 0.652. The number of rotatable bonds is 3. The van der Waals surface area contributed by atoms with Crippen molar-refractivity contribution >= 4 is 11.6 Å². The Labute approximate surface area is 154 Å². The Hall–Kier alpha value is -3.04. The zero-order valence-electron chi connectivity index (χ0n) is 14.3. The summed E-state index contributed by atoms with van der Waals surface area (Å²) >= 11 is 0. The number of aromatic nitrogens is 2. The molecule has 1 amide bonds. The molecule has 28 heavy (non-hydrogen) atoms. The van der Waals surface area contributed by atoms with Crippen LogP contribution in [0.15, 0.2) is 42.7 Å². The molecule has 148 valence electrons. The van der Waals surface area contributed by atoms with Crippen LogP contribution in [0.2, 0.25) is 0 Å². The Morgan fingerprint density at radius 1 is 1.07 bits per heavy atom. The lowest BCUT2D eigenvalue weighted by Crippen LogP contribution is -2.24. The summed E-state index contributed by atoms with van der Waals surface area (Å²) in [7, 11) is 0. The van der Waals surface area contributed by atoms with Crippen molar-refractivity contribution < 1.29 is 31.1 Å².